The quantitative estimate of drug-likeness (QED) is 0.760. The van der Waals surface area contributed by atoms with E-state index in [9.17, 15) is 9.59 Å². The van der Waals surface area contributed by atoms with Gasteiger partial charge < -0.3 is 15.5 Å². The average Bonchev–Trinajstić information content (AvgIpc) is 2.96. The predicted molar refractivity (Wildman–Crippen MR) is 78.2 cm³/mol. The van der Waals surface area contributed by atoms with Crippen LogP contribution in [0.25, 0.3) is 0 Å². The number of nitrogens with one attached hydrogen (secondary N) is 2. The lowest BCUT2D eigenvalue weighted by molar-refractivity contribution is -0.137. The first-order valence-corrected chi connectivity index (χ1v) is 7.99. The highest BCUT2D eigenvalue weighted by Crippen LogP contribution is 2.16. The van der Waals surface area contributed by atoms with Gasteiger partial charge in [0, 0.05) is 32.1 Å². The molecule has 2 aliphatic rings. The molecule has 0 aromatic rings. The number of hydrogen-bond acceptors (Lipinski definition) is 3. The molecule has 2 aliphatic heterocycles. The Kier molecular flexibility index (Phi) is 5.83. The van der Waals surface area contributed by atoms with Crippen LogP contribution in [0.3, 0.4) is 0 Å². The molecule has 0 radical (unpaired) electrons. The van der Waals surface area contributed by atoms with E-state index in [4.69, 9.17) is 0 Å². The lowest BCUT2D eigenvalue weighted by Crippen LogP contribution is -2.48. The second kappa shape index (κ2) is 7.62. The molecule has 0 saturated carbocycles. The molecule has 5 heteroatoms. The highest BCUT2D eigenvalue weighted by atomic mass is 16.2. The maximum absolute atomic E-state index is 12.6. The Morgan fingerprint density at radius 1 is 1.40 bits per heavy atom. The van der Waals surface area contributed by atoms with E-state index in [1.165, 1.54) is 6.42 Å². The fraction of sp³-hybridized carbons (Fsp3) is 0.867. The van der Waals surface area contributed by atoms with Gasteiger partial charge >= 0.3 is 0 Å². The zero-order valence-electron chi connectivity index (χ0n) is 12.5. The first kappa shape index (κ1) is 15.3. The second-order valence-corrected chi connectivity index (χ2v) is 5.97. The largest absolute Gasteiger partial charge is 0.355 e. The van der Waals surface area contributed by atoms with Crippen molar-refractivity contribution in [1.82, 2.24) is 15.5 Å². The number of unbranched alkanes of at least 4 members (excludes halogenated alkanes) is 1. The number of nitrogens with zero attached hydrogens (tertiary/aromatic N) is 1. The first-order chi connectivity index (χ1) is 9.70. The van der Waals surface area contributed by atoms with Crippen molar-refractivity contribution in [1.29, 1.82) is 0 Å². The first-order valence-electron chi connectivity index (χ1n) is 7.99. The molecule has 0 aromatic carbocycles. The summed E-state index contributed by atoms with van der Waals surface area (Å²) in [4.78, 5) is 25.9. The Hall–Kier alpha value is -1.10. The van der Waals surface area contributed by atoms with E-state index in [-0.39, 0.29) is 17.7 Å². The third kappa shape index (κ3) is 4.20. The molecule has 2 rings (SSSR count). The smallest absolute Gasteiger partial charge is 0.227 e. The summed E-state index contributed by atoms with van der Waals surface area (Å²) >= 11 is 0. The van der Waals surface area contributed by atoms with Gasteiger partial charge in [0.15, 0.2) is 0 Å². The van der Waals surface area contributed by atoms with Gasteiger partial charge in [-0.15, -0.1) is 0 Å². The fourth-order valence-electron chi connectivity index (χ4n) is 3.02. The summed E-state index contributed by atoms with van der Waals surface area (Å²) in [6, 6.07) is 0.453. The highest BCUT2D eigenvalue weighted by molar-refractivity contribution is 5.83. The van der Waals surface area contributed by atoms with E-state index < -0.39 is 0 Å². The van der Waals surface area contributed by atoms with Crippen LogP contribution in [0.4, 0.5) is 0 Å². The number of amides is 2. The van der Waals surface area contributed by atoms with Crippen molar-refractivity contribution in [3.05, 3.63) is 0 Å². The molecule has 2 heterocycles. The Bertz CT molecular complexity index is 330. The van der Waals surface area contributed by atoms with Crippen molar-refractivity contribution in [3.8, 4) is 0 Å². The minimum absolute atomic E-state index is 0.0223. The molecule has 0 aliphatic carbocycles. The summed E-state index contributed by atoms with van der Waals surface area (Å²) in [7, 11) is 0. The van der Waals surface area contributed by atoms with Crippen LogP contribution in [0.1, 0.15) is 45.4 Å². The summed E-state index contributed by atoms with van der Waals surface area (Å²) in [6.07, 6.45) is 5.71. The number of carbonyl (C=O) groups excluding carboxylic acids is 2. The lowest BCUT2D eigenvalue weighted by atomic mass is 9.97. The zero-order chi connectivity index (χ0) is 14.4. The van der Waals surface area contributed by atoms with Crippen LogP contribution in [-0.2, 0) is 9.59 Å². The Morgan fingerprint density at radius 3 is 2.85 bits per heavy atom. The van der Waals surface area contributed by atoms with Gasteiger partial charge in [-0.05, 0) is 32.2 Å². The summed E-state index contributed by atoms with van der Waals surface area (Å²) in [5.74, 6) is 0.282. The molecule has 20 heavy (non-hydrogen) atoms. The molecule has 2 saturated heterocycles. The summed E-state index contributed by atoms with van der Waals surface area (Å²) < 4.78 is 0. The van der Waals surface area contributed by atoms with E-state index in [1.807, 2.05) is 4.90 Å². The lowest BCUT2D eigenvalue weighted by Gasteiger charge is -2.31. The predicted octanol–water partition coefficient (Wildman–Crippen LogP) is 0.893. The van der Waals surface area contributed by atoms with Crippen molar-refractivity contribution >= 4 is 11.8 Å². The van der Waals surface area contributed by atoms with Crippen molar-refractivity contribution < 1.29 is 9.59 Å². The average molecular weight is 281 g/mol. The topological polar surface area (TPSA) is 61.4 Å². The van der Waals surface area contributed by atoms with Crippen LogP contribution in [-0.4, -0.2) is 48.9 Å². The zero-order valence-corrected chi connectivity index (χ0v) is 12.5. The highest BCUT2D eigenvalue weighted by Gasteiger charge is 2.29. The van der Waals surface area contributed by atoms with E-state index in [0.717, 1.165) is 38.9 Å². The normalized spacial score (nSPS) is 26.4. The number of rotatable bonds is 6. The standard InChI is InChI=1S/C15H27N3O2/c1-2-3-9-18(11-13-5-4-8-16-13)15(20)12-6-7-14(19)17-10-12/h12-13,16H,2-11H2,1H3,(H,17,19). The van der Waals surface area contributed by atoms with Gasteiger partial charge in [0.05, 0.1) is 5.92 Å². The van der Waals surface area contributed by atoms with Crippen molar-refractivity contribution in [2.75, 3.05) is 26.2 Å². The molecule has 2 unspecified atom stereocenters. The maximum Gasteiger partial charge on any atom is 0.227 e. The van der Waals surface area contributed by atoms with Gasteiger partial charge in [-0.2, -0.15) is 0 Å². The van der Waals surface area contributed by atoms with E-state index in [2.05, 4.69) is 17.6 Å². The van der Waals surface area contributed by atoms with E-state index >= 15 is 0 Å². The molecular weight excluding hydrogens is 254 g/mol. The van der Waals surface area contributed by atoms with E-state index in [0.29, 0.717) is 25.4 Å². The van der Waals surface area contributed by atoms with Crippen LogP contribution >= 0.6 is 0 Å². The SMILES string of the molecule is CCCCN(CC1CCCN1)C(=O)C1CCC(=O)NC1. The molecule has 0 spiro atoms. The number of hydrogen-bond donors (Lipinski definition) is 2. The Balaban J connectivity index is 1.89. The maximum atomic E-state index is 12.6. The van der Waals surface area contributed by atoms with Crippen LogP contribution in [0.5, 0.6) is 0 Å². The Morgan fingerprint density at radius 2 is 2.25 bits per heavy atom. The molecule has 2 fully saturated rings. The van der Waals surface area contributed by atoms with Crippen LogP contribution < -0.4 is 10.6 Å². The number of carbonyl (C=O) groups is 2. The van der Waals surface area contributed by atoms with Crippen molar-refractivity contribution in [3.63, 3.8) is 0 Å². The van der Waals surface area contributed by atoms with Crippen LogP contribution in [0.15, 0.2) is 0 Å². The molecule has 2 N–H and O–H groups in total. The molecule has 0 bridgehead atoms. The minimum Gasteiger partial charge on any atom is -0.355 e. The van der Waals surface area contributed by atoms with Crippen LogP contribution in [0, 0.1) is 5.92 Å². The summed E-state index contributed by atoms with van der Waals surface area (Å²) in [6.45, 7) is 5.40. The second-order valence-electron chi connectivity index (χ2n) is 5.97. The Labute approximate surface area is 121 Å². The van der Waals surface area contributed by atoms with Gasteiger partial charge in [-0.3, -0.25) is 9.59 Å². The molecule has 5 nitrogen and oxygen atoms in total. The molecular formula is C15H27N3O2. The van der Waals surface area contributed by atoms with E-state index in [1.54, 1.807) is 0 Å². The van der Waals surface area contributed by atoms with Gasteiger partial charge in [-0.1, -0.05) is 13.3 Å². The van der Waals surface area contributed by atoms with Crippen molar-refractivity contribution in [2.24, 2.45) is 5.92 Å². The number of piperidine rings is 1. The fourth-order valence-corrected chi connectivity index (χ4v) is 3.02. The summed E-state index contributed by atoms with van der Waals surface area (Å²) in [5, 5.41) is 6.28. The molecule has 114 valence electrons. The van der Waals surface area contributed by atoms with Gasteiger partial charge in [-0.25, -0.2) is 0 Å². The monoisotopic (exact) mass is 281 g/mol. The molecule has 2 amide bonds. The van der Waals surface area contributed by atoms with Gasteiger partial charge in [0.1, 0.15) is 0 Å². The minimum atomic E-state index is -0.0223. The van der Waals surface area contributed by atoms with Crippen molar-refractivity contribution in [2.45, 2.75) is 51.5 Å². The molecule has 2 atom stereocenters. The molecule has 0 aromatic heterocycles. The van der Waals surface area contributed by atoms with Gasteiger partial charge in [0.2, 0.25) is 11.8 Å². The van der Waals surface area contributed by atoms with Gasteiger partial charge in [0.25, 0.3) is 0 Å². The third-order valence-electron chi connectivity index (χ3n) is 4.31. The van der Waals surface area contributed by atoms with Crippen LogP contribution in [0.2, 0.25) is 0 Å². The summed E-state index contributed by atoms with van der Waals surface area (Å²) in [5.41, 5.74) is 0. The third-order valence-corrected chi connectivity index (χ3v) is 4.31.